The molecule has 1 N–H and O–H groups in total. The summed E-state index contributed by atoms with van der Waals surface area (Å²) < 4.78 is 0. The van der Waals surface area contributed by atoms with Gasteiger partial charge in [0.15, 0.2) is 6.29 Å². The number of carbonyl (C=O) groups excluding carboxylic acids is 2. The molecular formula is C13H17NO3. The van der Waals surface area contributed by atoms with Gasteiger partial charge in [-0.15, -0.1) is 0 Å². The normalized spacial score (nSPS) is 10.1. The Hall–Kier alpha value is -1.68. The summed E-state index contributed by atoms with van der Waals surface area (Å²) in [5.74, 6) is -0.239. The van der Waals surface area contributed by atoms with Gasteiger partial charge in [-0.3, -0.25) is 9.59 Å². The fourth-order valence-electron chi connectivity index (χ4n) is 1.57. The lowest BCUT2D eigenvalue weighted by atomic mass is 10.0. The van der Waals surface area contributed by atoms with Gasteiger partial charge in [0.05, 0.1) is 12.2 Å². The van der Waals surface area contributed by atoms with Crippen molar-refractivity contribution < 1.29 is 14.7 Å². The van der Waals surface area contributed by atoms with Gasteiger partial charge in [0.2, 0.25) is 0 Å². The standard InChI is InChI=1S/C13H17NO3/c1-3-10-4-5-11(9-16)12(8-10)13(17)14(2)6-7-15/h4-5,8-9,15H,3,6-7H2,1-2H3. The van der Waals surface area contributed by atoms with Crippen molar-refractivity contribution in [1.82, 2.24) is 4.90 Å². The van der Waals surface area contributed by atoms with E-state index in [2.05, 4.69) is 0 Å². The molecule has 0 spiro atoms. The molecule has 0 aliphatic heterocycles. The molecule has 0 aliphatic rings. The number of aldehydes is 1. The van der Waals surface area contributed by atoms with Crippen molar-refractivity contribution in [3.63, 3.8) is 0 Å². The van der Waals surface area contributed by atoms with E-state index in [-0.39, 0.29) is 19.1 Å². The number of aliphatic hydroxyl groups is 1. The molecule has 0 radical (unpaired) electrons. The summed E-state index contributed by atoms with van der Waals surface area (Å²) >= 11 is 0. The van der Waals surface area contributed by atoms with E-state index >= 15 is 0 Å². The lowest BCUT2D eigenvalue weighted by Gasteiger charge is -2.17. The molecular weight excluding hydrogens is 218 g/mol. The van der Waals surface area contributed by atoms with Crippen LogP contribution in [0, 0.1) is 0 Å². The van der Waals surface area contributed by atoms with E-state index in [1.165, 1.54) is 4.90 Å². The quantitative estimate of drug-likeness (QED) is 0.778. The summed E-state index contributed by atoms with van der Waals surface area (Å²) in [6, 6.07) is 5.23. The first kappa shape index (κ1) is 13.4. The largest absolute Gasteiger partial charge is 0.395 e. The molecule has 0 aromatic heterocycles. The van der Waals surface area contributed by atoms with Crippen LogP contribution in [0.25, 0.3) is 0 Å². The van der Waals surface area contributed by atoms with Gasteiger partial charge in [0.25, 0.3) is 5.91 Å². The zero-order valence-electron chi connectivity index (χ0n) is 10.1. The molecule has 4 heteroatoms. The predicted molar refractivity (Wildman–Crippen MR) is 65.3 cm³/mol. The molecule has 0 heterocycles. The van der Waals surface area contributed by atoms with E-state index in [0.29, 0.717) is 17.4 Å². The number of hydrogen-bond donors (Lipinski definition) is 1. The average molecular weight is 235 g/mol. The first-order valence-electron chi connectivity index (χ1n) is 5.58. The molecule has 0 saturated heterocycles. The van der Waals surface area contributed by atoms with Crippen LogP contribution in [-0.4, -0.2) is 42.4 Å². The monoisotopic (exact) mass is 235 g/mol. The summed E-state index contributed by atoms with van der Waals surface area (Å²) in [7, 11) is 1.60. The lowest BCUT2D eigenvalue weighted by Crippen LogP contribution is -2.30. The summed E-state index contributed by atoms with van der Waals surface area (Å²) in [4.78, 5) is 24.3. The van der Waals surface area contributed by atoms with Gasteiger partial charge < -0.3 is 10.0 Å². The number of rotatable bonds is 5. The van der Waals surface area contributed by atoms with Gasteiger partial charge in [-0.05, 0) is 18.1 Å². The second kappa shape index (κ2) is 6.15. The molecule has 1 aromatic carbocycles. The Balaban J connectivity index is 3.09. The fourth-order valence-corrected chi connectivity index (χ4v) is 1.57. The smallest absolute Gasteiger partial charge is 0.254 e. The molecule has 1 rings (SSSR count). The SMILES string of the molecule is CCc1ccc(C=O)c(C(=O)N(C)CCO)c1. The number of carbonyl (C=O) groups is 2. The van der Waals surface area contributed by atoms with Crippen molar-refractivity contribution in [3.8, 4) is 0 Å². The van der Waals surface area contributed by atoms with Crippen molar-refractivity contribution in [1.29, 1.82) is 0 Å². The van der Waals surface area contributed by atoms with Crippen LogP contribution in [0.15, 0.2) is 18.2 Å². The zero-order valence-corrected chi connectivity index (χ0v) is 10.1. The first-order chi connectivity index (χ1) is 8.13. The molecule has 92 valence electrons. The number of aryl methyl sites for hydroxylation is 1. The van der Waals surface area contributed by atoms with Crippen LogP contribution in [0.1, 0.15) is 33.2 Å². The minimum Gasteiger partial charge on any atom is -0.395 e. The molecule has 17 heavy (non-hydrogen) atoms. The van der Waals surface area contributed by atoms with Crippen molar-refractivity contribution >= 4 is 12.2 Å². The van der Waals surface area contributed by atoms with Crippen LogP contribution in [-0.2, 0) is 6.42 Å². The van der Waals surface area contributed by atoms with Crippen LogP contribution in [0.5, 0.6) is 0 Å². The molecule has 1 amide bonds. The maximum absolute atomic E-state index is 12.0. The maximum atomic E-state index is 12.0. The molecule has 0 saturated carbocycles. The third-order valence-electron chi connectivity index (χ3n) is 2.67. The third kappa shape index (κ3) is 3.14. The highest BCUT2D eigenvalue weighted by atomic mass is 16.3. The molecule has 0 aliphatic carbocycles. The molecule has 0 bridgehead atoms. The second-order valence-electron chi connectivity index (χ2n) is 3.84. The van der Waals surface area contributed by atoms with Gasteiger partial charge >= 0.3 is 0 Å². The zero-order chi connectivity index (χ0) is 12.8. The van der Waals surface area contributed by atoms with E-state index in [1.54, 1.807) is 19.2 Å². The number of amides is 1. The Bertz CT molecular complexity index is 415. The highest BCUT2D eigenvalue weighted by molar-refractivity contribution is 6.01. The van der Waals surface area contributed by atoms with Gasteiger partial charge in [-0.1, -0.05) is 19.1 Å². The van der Waals surface area contributed by atoms with Gasteiger partial charge in [-0.2, -0.15) is 0 Å². The van der Waals surface area contributed by atoms with E-state index in [4.69, 9.17) is 5.11 Å². The topological polar surface area (TPSA) is 57.6 Å². The van der Waals surface area contributed by atoms with Crippen LogP contribution >= 0.6 is 0 Å². The summed E-state index contributed by atoms with van der Waals surface area (Å²) in [5, 5.41) is 8.80. The lowest BCUT2D eigenvalue weighted by molar-refractivity contribution is 0.0764. The Labute approximate surface area is 101 Å². The van der Waals surface area contributed by atoms with E-state index < -0.39 is 0 Å². The highest BCUT2D eigenvalue weighted by Gasteiger charge is 2.15. The maximum Gasteiger partial charge on any atom is 0.254 e. The van der Waals surface area contributed by atoms with Crippen molar-refractivity contribution in [2.24, 2.45) is 0 Å². The number of nitrogens with zero attached hydrogens (tertiary/aromatic N) is 1. The predicted octanol–water partition coefficient (Wildman–Crippen LogP) is 1.13. The van der Waals surface area contributed by atoms with Gasteiger partial charge in [0.1, 0.15) is 0 Å². The third-order valence-corrected chi connectivity index (χ3v) is 2.67. The van der Waals surface area contributed by atoms with Crippen LogP contribution < -0.4 is 0 Å². The summed E-state index contributed by atoms with van der Waals surface area (Å²) in [6.07, 6.45) is 1.49. The molecule has 4 nitrogen and oxygen atoms in total. The number of hydrogen-bond acceptors (Lipinski definition) is 3. The first-order valence-corrected chi connectivity index (χ1v) is 5.58. The number of benzene rings is 1. The Morgan fingerprint density at radius 3 is 2.71 bits per heavy atom. The van der Waals surface area contributed by atoms with Gasteiger partial charge in [-0.25, -0.2) is 0 Å². The molecule has 0 atom stereocenters. The Kier molecular flexibility index (Phi) is 4.84. The van der Waals surface area contributed by atoms with E-state index in [0.717, 1.165) is 12.0 Å². The number of likely N-dealkylation sites (N-methyl/N-ethyl adjacent to an activating group) is 1. The minimum atomic E-state index is -0.239. The van der Waals surface area contributed by atoms with Crippen LogP contribution in [0.3, 0.4) is 0 Å². The second-order valence-corrected chi connectivity index (χ2v) is 3.84. The van der Waals surface area contributed by atoms with Crippen LogP contribution in [0.2, 0.25) is 0 Å². The van der Waals surface area contributed by atoms with Crippen LogP contribution in [0.4, 0.5) is 0 Å². The van der Waals surface area contributed by atoms with Crippen molar-refractivity contribution in [2.75, 3.05) is 20.2 Å². The number of aliphatic hydroxyl groups excluding tert-OH is 1. The molecule has 0 unspecified atom stereocenters. The Morgan fingerprint density at radius 2 is 2.18 bits per heavy atom. The highest BCUT2D eigenvalue weighted by Crippen LogP contribution is 2.13. The van der Waals surface area contributed by atoms with Gasteiger partial charge in [0, 0.05) is 19.2 Å². The summed E-state index contributed by atoms with van der Waals surface area (Å²) in [5.41, 5.74) is 1.80. The summed E-state index contributed by atoms with van der Waals surface area (Å²) in [6.45, 7) is 2.15. The minimum absolute atomic E-state index is 0.0911. The van der Waals surface area contributed by atoms with E-state index in [1.807, 2.05) is 13.0 Å². The molecule has 0 fully saturated rings. The molecule has 1 aromatic rings. The van der Waals surface area contributed by atoms with Crippen molar-refractivity contribution in [2.45, 2.75) is 13.3 Å². The Morgan fingerprint density at radius 1 is 1.47 bits per heavy atom. The fraction of sp³-hybridized carbons (Fsp3) is 0.385. The average Bonchev–Trinajstić information content (AvgIpc) is 2.37. The van der Waals surface area contributed by atoms with Crippen molar-refractivity contribution in [3.05, 3.63) is 34.9 Å². The van der Waals surface area contributed by atoms with E-state index in [9.17, 15) is 9.59 Å².